The van der Waals surface area contributed by atoms with Crippen molar-refractivity contribution in [2.45, 2.75) is 25.5 Å². The Bertz CT molecular complexity index is 310. The van der Waals surface area contributed by atoms with Crippen molar-refractivity contribution in [2.75, 3.05) is 6.61 Å². The Morgan fingerprint density at radius 3 is 3.29 bits per heavy atom. The number of carbonyl (C=O) groups is 1. The summed E-state index contributed by atoms with van der Waals surface area (Å²) in [6, 6.07) is 1.93. The topological polar surface area (TPSA) is 67.0 Å². The van der Waals surface area contributed by atoms with Gasteiger partial charge in [0.25, 0.3) is 0 Å². The van der Waals surface area contributed by atoms with E-state index in [9.17, 15) is 4.79 Å². The fourth-order valence-corrected chi connectivity index (χ4v) is 1.73. The summed E-state index contributed by atoms with van der Waals surface area (Å²) in [5.41, 5.74) is 0.918. The van der Waals surface area contributed by atoms with Crippen molar-refractivity contribution in [1.82, 2.24) is 15.5 Å². The van der Waals surface area contributed by atoms with Crippen LogP contribution in [-0.2, 0) is 9.53 Å². The molecule has 1 aromatic heterocycles. The third kappa shape index (κ3) is 1.77. The van der Waals surface area contributed by atoms with E-state index in [-0.39, 0.29) is 18.1 Å². The van der Waals surface area contributed by atoms with Crippen LogP contribution in [0.25, 0.3) is 0 Å². The lowest BCUT2D eigenvalue weighted by Gasteiger charge is -2.17. The van der Waals surface area contributed by atoms with Crippen LogP contribution in [0.1, 0.15) is 25.1 Å². The number of amides is 1. The van der Waals surface area contributed by atoms with Gasteiger partial charge in [-0.1, -0.05) is 0 Å². The molecule has 1 aromatic rings. The summed E-state index contributed by atoms with van der Waals surface area (Å²) in [4.78, 5) is 10.9. The Balaban J connectivity index is 2.07. The van der Waals surface area contributed by atoms with Crippen molar-refractivity contribution in [2.24, 2.45) is 0 Å². The van der Waals surface area contributed by atoms with Crippen LogP contribution in [0.2, 0.25) is 0 Å². The van der Waals surface area contributed by atoms with Gasteiger partial charge in [-0.05, 0) is 12.5 Å². The van der Waals surface area contributed by atoms with E-state index in [2.05, 4.69) is 15.5 Å². The fraction of sp³-hybridized carbons (Fsp3) is 0.556. The van der Waals surface area contributed by atoms with Crippen LogP contribution in [0, 0.1) is 0 Å². The standard InChI is InChI=1S/C9H13N3O2/c1-6(13)11-7-3-5-14-9(7)8-2-4-10-12-8/h2,4,7,9H,3,5H2,1H3,(H,10,12)(H,11,13). The van der Waals surface area contributed by atoms with Gasteiger partial charge in [0, 0.05) is 19.7 Å². The molecule has 1 saturated heterocycles. The number of hydrogen-bond donors (Lipinski definition) is 2. The minimum absolute atomic E-state index is 0.0231. The monoisotopic (exact) mass is 195 g/mol. The van der Waals surface area contributed by atoms with E-state index in [1.54, 1.807) is 6.20 Å². The highest BCUT2D eigenvalue weighted by Gasteiger charge is 2.30. The van der Waals surface area contributed by atoms with Crippen LogP contribution in [-0.4, -0.2) is 28.8 Å². The summed E-state index contributed by atoms with van der Waals surface area (Å²) >= 11 is 0. The third-order valence-electron chi connectivity index (χ3n) is 2.31. The lowest BCUT2D eigenvalue weighted by Crippen LogP contribution is -2.35. The molecule has 76 valence electrons. The van der Waals surface area contributed by atoms with Gasteiger partial charge < -0.3 is 10.1 Å². The largest absolute Gasteiger partial charge is 0.370 e. The number of aromatic amines is 1. The van der Waals surface area contributed by atoms with Crippen molar-refractivity contribution in [3.05, 3.63) is 18.0 Å². The SMILES string of the molecule is CC(=O)NC1CCOC1c1ccn[nH]1. The molecule has 2 rings (SSSR count). The van der Waals surface area contributed by atoms with Gasteiger partial charge in [0.05, 0.1) is 11.7 Å². The molecule has 1 aliphatic heterocycles. The Kier molecular flexibility index (Phi) is 2.49. The van der Waals surface area contributed by atoms with Crippen molar-refractivity contribution >= 4 is 5.91 Å². The van der Waals surface area contributed by atoms with Crippen molar-refractivity contribution in [1.29, 1.82) is 0 Å². The van der Waals surface area contributed by atoms with Gasteiger partial charge in [0.15, 0.2) is 0 Å². The Morgan fingerprint density at radius 2 is 2.64 bits per heavy atom. The smallest absolute Gasteiger partial charge is 0.217 e. The molecule has 5 heteroatoms. The molecular formula is C9H13N3O2. The third-order valence-corrected chi connectivity index (χ3v) is 2.31. The summed E-state index contributed by atoms with van der Waals surface area (Å²) in [6.45, 7) is 2.19. The molecule has 2 heterocycles. The van der Waals surface area contributed by atoms with E-state index in [0.717, 1.165) is 12.1 Å². The molecule has 0 spiro atoms. The lowest BCUT2D eigenvalue weighted by molar-refractivity contribution is -0.120. The van der Waals surface area contributed by atoms with Crippen molar-refractivity contribution < 1.29 is 9.53 Å². The second kappa shape index (κ2) is 3.79. The molecule has 0 saturated carbocycles. The van der Waals surface area contributed by atoms with Crippen molar-refractivity contribution in [3.8, 4) is 0 Å². The van der Waals surface area contributed by atoms with Crippen LogP contribution in [0.4, 0.5) is 0 Å². The maximum atomic E-state index is 10.9. The van der Waals surface area contributed by atoms with Gasteiger partial charge in [-0.3, -0.25) is 9.89 Å². The highest BCUT2D eigenvalue weighted by Crippen LogP contribution is 2.27. The van der Waals surface area contributed by atoms with Crippen LogP contribution >= 0.6 is 0 Å². The molecule has 14 heavy (non-hydrogen) atoms. The molecule has 1 amide bonds. The number of hydrogen-bond acceptors (Lipinski definition) is 3. The van der Waals surface area contributed by atoms with Gasteiger partial charge in [-0.25, -0.2) is 0 Å². The van der Waals surface area contributed by atoms with Gasteiger partial charge >= 0.3 is 0 Å². The second-order valence-corrected chi connectivity index (χ2v) is 3.40. The second-order valence-electron chi connectivity index (χ2n) is 3.40. The summed E-state index contributed by atoms with van der Waals surface area (Å²) in [6.07, 6.45) is 2.45. The van der Waals surface area contributed by atoms with Crippen LogP contribution in [0.15, 0.2) is 12.3 Å². The quantitative estimate of drug-likeness (QED) is 0.716. The summed E-state index contributed by atoms with van der Waals surface area (Å²) in [5.74, 6) is -0.0231. The zero-order chi connectivity index (χ0) is 9.97. The predicted molar refractivity (Wildman–Crippen MR) is 49.5 cm³/mol. The average Bonchev–Trinajstić information content (AvgIpc) is 2.70. The molecule has 0 aromatic carbocycles. The number of rotatable bonds is 2. The van der Waals surface area contributed by atoms with E-state index in [1.165, 1.54) is 6.92 Å². The van der Waals surface area contributed by atoms with E-state index in [4.69, 9.17) is 4.74 Å². The minimum atomic E-state index is -0.0820. The molecule has 0 radical (unpaired) electrons. The van der Waals surface area contributed by atoms with E-state index >= 15 is 0 Å². The first-order chi connectivity index (χ1) is 6.77. The maximum Gasteiger partial charge on any atom is 0.217 e. The molecule has 2 atom stereocenters. The number of carbonyl (C=O) groups excluding carboxylic acids is 1. The molecule has 2 unspecified atom stereocenters. The number of H-pyrrole nitrogens is 1. The molecule has 1 fully saturated rings. The molecule has 2 N–H and O–H groups in total. The molecule has 0 aliphatic carbocycles. The van der Waals surface area contributed by atoms with Crippen molar-refractivity contribution in [3.63, 3.8) is 0 Å². The highest BCUT2D eigenvalue weighted by molar-refractivity contribution is 5.73. The number of nitrogens with one attached hydrogen (secondary N) is 2. The first-order valence-corrected chi connectivity index (χ1v) is 4.65. The first kappa shape index (κ1) is 9.21. The lowest BCUT2D eigenvalue weighted by atomic mass is 10.1. The van der Waals surface area contributed by atoms with Crippen LogP contribution in [0.5, 0.6) is 0 Å². The zero-order valence-electron chi connectivity index (χ0n) is 7.99. The summed E-state index contributed by atoms with van der Waals surface area (Å²) < 4.78 is 5.52. The number of nitrogens with zero attached hydrogens (tertiary/aromatic N) is 1. The zero-order valence-corrected chi connectivity index (χ0v) is 7.99. The molecule has 0 bridgehead atoms. The highest BCUT2D eigenvalue weighted by atomic mass is 16.5. The Morgan fingerprint density at radius 1 is 1.79 bits per heavy atom. The number of aromatic nitrogens is 2. The average molecular weight is 195 g/mol. The first-order valence-electron chi connectivity index (χ1n) is 4.65. The van der Waals surface area contributed by atoms with E-state index in [0.29, 0.717) is 6.61 Å². The van der Waals surface area contributed by atoms with Crippen LogP contribution < -0.4 is 5.32 Å². The van der Waals surface area contributed by atoms with Gasteiger partial charge in [-0.2, -0.15) is 5.10 Å². The van der Waals surface area contributed by atoms with Gasteiger partial charge in [-0.15, -0.1) is 0 Å². The fourth-order valence-electron chi connectivity index (χ4n) is 1.73. The molecular weight excluding hydrogens is 182 g/mol. The minimum Gasteiger partial charge on any atom is -0.370 e. The summed E-state index contributed by atoms with van der Waals surface area (Å²) in [7, 11) is 0. The summed E-state index contributed by atoms with van der Waals surface area (Å²) in [5, 5.41) is 9.59. The normalized spacial score (nSPS) is 26.4. The molecule has 5 nitrogen and oxygen atoms in total. The predicted octanol–water partition coefficient (Wildman–Crippen LogP) is 0.376. The Labute approximate surface area is 81.8 Å². The maximum absolute atomic E-state index is 10.9. The van der Waals surface area contributed by atoms with E-state index < -0.39 is 0 Å². The van der Waals surface area contributed by atoms with Crippen LogP contribution in [0.3, 0.4) is 0 Å². The molecule has 1 aliphatic rings. The Hall–Kier alpha value is -1.36. The van der Waals surface area contributed by atoms with Gasteiger partial charge in [0.1, 0.15) is 6.10 Å². The van der Waals surface area contributed by atoms with E-state index in [1.807, 2.05) is 6.07 Å². The van der Waals surface area contributed by atoms with Gasteiger partial charge in [0.2, 0.25) is 5.91 Å². The number of ether oxygens (including phenoxy) is 1.